The van der Waals surface area contributed by atoms with Gasteiger partial charge in [-0.15, -0.1) is 5.10 Å². The van der Waals surface area contributed by atoms with Crippen molar-refractivity contribution in [3.8, 4) is 22.8 Å². The SMILES string of the molecule is Cc1ccc(-n2nc(OCC(=O)O)cc2-c2ccc(F)cc2)cc1. The van der Waals surface area contributed by atoms with E-state index in [4.69, 9.17) is 9.84 Å². The fraction of sp³-hybridized carbons (Fsp3) is 0.111. The van der Waals surface area contributed by atoms with Gasteiger partial charge in [-0.05, 0) is 43.3 Å². The summed E-state index contributed by atoms with van der Waals surface area (Å²) >= 11 is 0. The largest absolute Gasteiger partial charge is 0.479 e. The van der Waals surface area contributed by atoms with E-state index in [1.54, 1.807) is 22.9 Å². The summed E-state index contributed by atoms with van der Waals surface area (Å²) in [7, 11) is 0. The predicted molar refractivity (Wildman–Crippen MR) is 86.8 cm³/mol. The second-order valence-corrected chi connectivity index (χ2v) is 5.30. The highest BCUT2D eigenvalue weighted by Gasteiger charge is 2.13. The van der Waals surface area contributed by atoms with Gasteiger partial charge in [0.1, 0.15) is 5.82 Å². The van der Waals surface area contributed by atoms with Crippen LogP contribution in [-0.4, -0.2) is 27.5 Å². The molecule has 0 aliphatic heterocycles. The first-order chi connectivity index (χ1) is 11.5. The Kier molecular flexibility index (Phi) is 4.29. The van der Waals surface area contributed by atoms with E-state index >= 15 is 0 Å². The van der Waals surface area contributed by atoms with Gasteiger partial charge in [-0.2, -0.15) is 0 Å². The highest BCUT2D eigenvalue weighted by molar-refractivity contribution is 5.69. The van der Waals surface area contributed by atoms with Crippen LogP contribution in [0.1, 0.15) is 5.56 Å². The Morgan fingerprint density at radius 3 is 2.46 bits per heavy atom. The van der Waals surface area contributed by atoms with Crippen LogP contribution in [0.15, 0.2) is 54.6 Å². The average molecular weight is 326 g/mol. The van der Waals surface area contributed by atoms with Gasteiger partial charge in [0.15, 0.2) is 6.61 Å². The molecule has 0 spiro atoms. The molecule has 2 aromatic carbocycles. The molecule has 1 N–H and O–H groups in total. The van der Waals surface area contributed by atoms with Gasteiger partial charge in [0.05, 0.1) is 11.4 Å². The molecule has 24 heavy (non-hydrogen) atoms. The van der Waals surface area contributed by atoms with Gasteiger partial charge in [0.2, 0.25) is 5.88 Å². The van der Waals surface area contributed by atoms with E-state index in [0.29, 0.717) is 5.69 Å². The standard InChI is InChI=1S/C18H15FN2O3/c1-12-2-8-15(9-3-12)21-16(13-4-6-14(19)7-5-13)10-17(20-21)24-11-18(22)23/h2-10H,11H2,1H3,(H,22,23). The number of benzene rings is 2. The molecule has 0 unspecified atom stereocenters. The Balaban J connectivity index is 2.05. The van der Waals surface area contributed by atoms with Crippen LogP contribution in [-0.2, 0) is 4.79 Å². The molecule has 122 valence electrons. The van der Waals surface area contributed by atoms with Crippen LogP contribution in [0.3, 0.4) is 0 Å². The lowest BCUT2D eigenvalue weighted by Gasteiger charge is -2.07. The van der Waals surface area contributed by atoms with Crippen molar-refractivity contribution in [3.05, 3.63) is 66.0 Å². The van der Waals surface area contributed by atoms with E-state index in [-0.39, 0.29) is 11.7 Å². The Bertz CT molecular complexity index is 792. The first-order valence-electron chi connectivity index (χ1n) is 7.30. The van der Waals surface area contributed by atoms with Crippen molar-refractivity contribution >= 4 is 5.97 Å². The number of ether oxygens (including phenoxy) is 1. The highest BCUT2D eigenvalue weighted by Crippen LogP contribution is 2.27. The second kappa shape index (κ2) is 6.54. The van der Waals surface area contributed by atoms with Crippen LogP contribution in [0.25, 0.3) is 16.9 Å². The number of carbonyl (C=O) groups is 1. The fourth-order valence-electron chi connectivity index (χ4n) is 2.27. The molecule has 3 aromatic rings. The third kappa shape index (κ3) is 3.43. The average Bonchev–Trinajstić information content (AvgIpc) is 2.98. The van der Waals surface area contributed by atoms with E-state index in [1.165, 1.54) is 12.1 Å². The molecule has 3 rings (SSSR count). The molecule has 1 aromatic heterocycles. The van der Waals surface area contributed by atoms with E-state index in [1.807, 2.05) is 31.2 Å². The summed E-state index contributed by atoms with van der Waals surface area (Å²) in [6.45, 7) is 1.50. The Morgan fingerprint density at radius 2 is 1.83 bits per heavy atom. The number of carboxylic acids is 1. The van der Waals surface area contributed by atoms with Crippen molar-refractivity contribution in [2.75, 3.05) is 6.61 Å². The van der Waals surface area contributed by atoms with Crippen LogP contribution in [0, 0.1) is 12.7 Å². The second-order valence-electron chi connectivity index (χ2n) is 5.30. The summed E-state index contributed by atoms with van der Waals surface area (Å²) in [6.07, 6.45) is 0. The number of nitrogens with zero attached hydrogens (tertiary/aromatic N) is 2. The molecule has 0 radical (unpaired) electrons. The maximum atomic E-state index is 13.2. The summed E-state index contributed by atoms with van der Waals surface area (Å²) in [4.78, 5) is 10.7. The molecule has 5 nitrogen and oxygen atoms in total. The Morgan fingerprint density at radius 1 is 1.17 bits per heavy atom. The third-order valence-corrected chi connectivity index (χ3v) is 3.45. The quantitative estimate of drug-likeness (QED) is 0.780. The molecular weight excluding hydrogens is 311 g/mol. The maximum absolute atomic E-state index is 13.2. The summed E-state index contributed by atoms with van der Waals surface area (Å²) in [5, 5.41) is 13.1. The molecule has 0 aliphatic carbocycles. The third-order valence-electron chi connectivity index (χ3n) is 3.45. The summed E-state index contributed by atoms with van der Waals surface area (Å²) in [5.41, 5.74) is 3.33. The van der Waals surface area contributed by atoms with E-state index in [0.717, 1.165) is 16.8 Å². The zero-order chi connectivity index (χ0) is 17.1. The minimum Gasteiger partial charge on any atom is -0.479 e. The van der Waals surface area contributed by atoms with Crippen LogP contribution in [0.5, 0.6) is 5.88 Å². The van der Waals surface area contributed by atoms with Gasteiger partial charge in [-0.1, -0.05) is 17.7 Å². The zero-order valence-corrected chi connectivity index (χ0v) is 12.9. The predicted octanol–water partition coefficient (Wildman–Crippen LogP) is 3.45. The van der Waals surface area contributed by atoms with Crippen molar-refractivity contribution in [1.29, 1.82) is 0 Å². The summed E-state index contributed by atoms with van der Waals surface area (Å²) in [5.74, 6) is -1.22. The molecule has 0 fully saturated rings. The summed E-state index contributed by atoms with van der Waals surface area (Å²) < 4.78 is 20.0. The summed E-state index contributed by atoms with van der Waals surface area (Å²) in [6, 6.07) is 15.3. The van der Waals surface area contributed by atoms with Crippen molar-refractivity contribution in [2.24, 2.45) is 0 Å². The lowest BCUT2D eigenvalue weighted by molar-refractivity contribution is -0.139. The maximum Gasteiger partial charge on any atom is 0.341 e. The number of aliphatic carboxylic acids is 1. The molecule has 6 heteroatoms. The number of rotatable bonds is 5. The van der Waals surface area contributed by atoms with Gasteiger partial charge in [-0.3, -0.25) is 0 Å². The van der Waals surface area contributed by atoms with Gasteiger partial charge < -0.3 is 9.84 Å². The van der Waals surface area contributed by atoms with Crippen molar-refractivity contribution in [1.82, 2.24) is 9.78 Å². The van der Waals surface area contributed by atoms with Crippen LogP contribution < -0.4 is 4.74 Å². The minimum absolute atomic E-state index is 0.192. The van der Waals surface area contributed by atoms with Crippen LogP contribution in [0.4, 0.5) is 4.39 Å². The highest BCUT2D eigenvalue weighted by atomic mass is 19.1. The monoisotopic (exact) mass is 326 g/mol. The molecule has 1 heterocycles. The molecule has 0 atom stereocenters. The van der Waals surface area contributed by atoms with Crippen LogP contribution in [0.2, 0.25) is 0 Å². The lowest BCUT2D eigenvalue weighted by Crippen LogP contribution is -2.09. The van der Waals surface area contributed by atoms with Gasteiger partial charge in [0.25, 0.3) is 0 Å². The lowest BCUT2D eigenvalue weighted by atomic mass is 10.1. The number of aromatic nitrogens is 2. The van der Waals surface area contributed by atoms with E-state index in [9.17, 15) is 9.18 Å². The number of halogens is 1. The van der Waals surface area contributed by atoms with Gasteiger partial charge in [-0.25, -0.2) is 13.9 Å². The van der Waals surface area contributed by atoms with E-state index in [2.05, 4.69) is 5.10 Å². The van der Waals surface area contributed by atoms with Gasteiger partial charge >= 0.3 is 5.97 Å². The first-order valence-corrected chi connectivity index (χ1v) is 7.30. The number of hydrogen-bond acceptors (Lipinski definition) is 3. The molecule has 0 amide bonds. The van der Waals surface area contributed by atoms with Gasteiger partial charge in [0, 0.05) is 11.6 Å². The van der Waals surface area contributed by atoms with E-state index < -0.39 is 12.6 Å². The topological polar surface area (TPSA) is 64.4 Å². The van der Waals surface area contributed by atoms with Crippen molar-refractivity contribution in [2.45, 2.75) is 6.92 Å². The molecule has 0 bridgehead atoms. The number of carboxylic acid groups (broad SMARTS) is 1. The molecule has 0 saturated heterocycles. The number of aryl methyl sites for hydroxylation is 1. The van der Waals surface area contributed by atoms with Crippen LogP contribution >= 0.6 is 0 Å². The van der Waals surface area contributed by atoms with Crippen molar-refractivity contribution in [3.63, 3.8) is 0 Å². The molecule has 0 aliphatic rings. The normalized spacial score (nSPS) is 10.6. The van der Waals surface area contributed by atoms with Crippen molar-refractivity contribution < 1.29 is 19.0 Å². The minimum atomic E-state index is -1.08. The first kappa shape index (κ1) is 15.7. The molecular formula is C18H15FN2O3. The number of hydrogen-bond donors (Lipinski definition) is 1. The smallest absolute Gasteiger partial charge is 0.341 e. The zero-order valence-electron chi connectivity index (χ0n) is 12.9. The fourth-order valence-corrected chi connectivity index (χ4v) is 2.27. The Labute approximate surface area is 137 Å². The molecule has 0 saturated carbocycles. The Hall–Kier alpha value is -3.15.